The summed E-state index contributed by atoms with van der Waals surface area (Å²) in [5.41, 5.74) is 0. The Morgan fingerprint density at radius 2 is 0.523 bits per heavy atom. The molecule has 522 valence electrons. The van der Waals surface area contributed by atoms with Gasteiger partial charge in [-0.25, -0.2) is 9.13 Å². The summed E-state index contributed by atoms with van der Waals surface area (Å²) in [6.07, 6.45) is 48.4. The molecule has 0 saturated heterocycles. The third-order valence-electron chi connectivity index (χ3n) is 16.0. The van der Waals surface area contributed by atoms with Crippen molar-refractivity contribution >= 4 is 39.5 Å². The van der Waals surface area contributed by atoms with Crippen molar-refractivity contribution in [3.8, 4) is 0 Å². The monoisotopic (exact) mass is 1300 g/mol. The van der Waals surface area contributed by atoms with Gasteiger partial charge in [-0.1, -0.05) is 304 Å². The van der Waals surface area contributed by atoms with E-state index in [1.807, 2.05) is 0 Å². The van der Waals surface area contributed by atoms with E-state index in [1.165, 1.54) is 180 Å². The first-order chi connectivity index (χ1) is 42.5. The van der Waals surface area contributed by atoms with E-state index >= 15 is 0 Å². The summed E-state index contributed by atoms with van der Waals surface area (Å²) < 4.78 is 68.2. The maximum atomic E-state index is 13.0. The molecular formula is C69H134O17P2. The highest BCUT2D eigenvalue weighted by atomic mass is 31.2. The lowest BCUT2D eigenvalue weighted by atomic mass is 10.0. The van der Waals surface area contributed by atoms with E-state index in [0.29, 0.717) is 25.7 Å². The molecule has 0 rings (SSSR count). The van der Waals surface area contributed by atoms with E-state index in [4.69, 9.17) is 37.0 Å². The van der Waals surface area contributed by atoms with Gasteiger partial charge in [0, 0.05) is 25.7 Å². The Morgan fingerprint density at radius 3 is 0.773 bits per heavy atom. The Morgan fingerprint density at radius 1 is 0.307 bits per heavy atom. The summed E-state index contributed by atoms with van der Waals surface area (Å²) in [7, 11) is -9.89. The Hall–Kier alpha value is -1.94. The average molecular weight is 1300 g/mol. The molecule has 0 aromatic rings. The molecule has 19 heteroatoms. The zero-order chi connectivity index (χ0) is 64.9. The van der Waals surface area contributed by atoms with Crippen molar-refractivity contribution in [1.82, 2.24) is 0 Å². The molecule has 5 atom stereocenters. The van der Waals surface area contributed by atoms with Crippen LogP contribution < -0.4 is 0 Å². The predicted octanol–water partition coefficient (Wildman–Crippen LogP) is 19.7. The molecule has 17 nitrogen and oxygen atoms in total. The molecule has 0 spiro atoms. The van der Waals surface area contributed by atoms with Crippen LogP contribution >= 0.6 is 15.6 Å². The maximum absolute atomic E-state index is 13.0. The van der Waals surface area contributed by atoms with E-state index in [-0.39, 0.29) is 25.7 Å². The van der Waals surface area contributed by atoms with Crippen LogP contribution in [0.5, 0.6) is 0 Å². The molecular weight excluding hydrogens is 1160 g/mol. The minimum Gasteiger partial charge on any atom is -0.462 e. The fourth-order valence-electron chi connectivity index (χ4n) is 10.5. The fraction of sp³-hybridized carbons (Fsp3) is 0.942. The van der Waals surface area contributed by atoms with Gasteiger partial charge in [-0.15, -0.1) is 0 Å². The third-order valence-corrected chi connectivity index (χ3v) is 17.9. The fourth-order valence-corrected chi connectivity index (χ4v) is 12.0. The number of esters is 4. The van der Waals surface area contributed by atoms with Gasteiger partial charge < -0.3 is 33.8 Å². The van der Waals surface area contributed by atoms with E-state index in [1.54, 1.807) is 0 Å². The van der Waals surface area contributed by atoms with Gasteiger partial charge in [0.1, 0.15) is 19.3 Å². The highest BCUT2D eigenvalue weighted by Crippen LogP contribution is 2.45. The van der Waals surface area contributed by atoms with Crippen LogP contribution in [0.15, 0.2) is 0 Å². The second-order valence-electron chi connectivity index (χ2n) is 25.4. The van der Waals surface area contributed by atoms with E-state index < -0.39 is 97.5 Å². The van der Waals surface area contributed by atoms with Gasteiger partial charge in [0.2, 0.25) is 0 Å². The largest absolute Gasteiger partial charge is 0.472 e. The molecule has 0 aliphatic rings. The molecule has 0 fully saturated rings. The van der Waals surface area contributed by atoms with Crippen LogP contribution in [0.4, 0.5) is 0 Å². The number of phosphoric ester groups is 2. The van der Waals surface area contributed by atoms with E-state index in [0.717, 1.165) is 95.8 Å². The van der Waals surface area contributed by atoms with Crippen molar-refractivity contribution in [2.24, 2.45) is 5.92 Å². The number of carbonyl (C=O) groups is 4. The molecule has 0 aliphatic heterocycles. The molecule has 0 radical (unpaired) electrons. The smallest absolute Gasteiger partial charge is 0.462 e. The van der Waals surface area contributed by atoms with Gasteiger partial charge in [-0.3, -0.25) is 37.3 Å². The van der Waals surface area contributed by atoms with Crippen molar-refractivity contribution in [1.29, 1.82) is 0 Å². The number of phosphoric acid groups is 2. The number of hydrogen-bond donors (Lipinski definition) is 3. The highest BCUT2D eigenvalue weighted by molar-refractivity contribution is 7.47. The SMILES string of the molecule is CCCCCCCCCCCCCC(=O)OC[C@H](COP(=O)(O)OC[C@@H](O)COP(=O)(O)OC[C@@H](COC(=O)CCCCCCCCCCC)OC(=O)CCCCCCCCCCCCC)OC(=O)CCCCCCCCCCCCCCCCC(C)C. The van der Waals surface area contributed by atoms with Gasteiger partial charge in [0.05, 0.1) is 26.4 Å². The van der Waals surface area contributed by atoms with Crippen molar-refractivity contribution in [2.75, 3.05) is 39.6 Å². The topological polar surface area (TPSA) is 237 Å². The van der Waals surface area contributed by atoms with Crippen LogP contribution in [0.25, 0.3) is 0 Å². The maximum Gasteiger partial charge on any atom is 0.472 e. The first-order valence-corrected chi connectivity index (χ1v) is 39.1. The number of carbonyl (C=O) groups excluding carboxylic acids is 4. The number of aliphatic hydroxyl groups is 1. The number of ether oxygens (including phenoxy) is 4. The van der Waals surface area contributed by atoms with Gasteiger partial charge in [-0.2, -0.15) is 0 Å². The van der Waals surface area contributed by atoms with Crippen LogP contribution in [0, 0.1) is 5.92 Å². The Balaban J connectivity index is 5.21. The first-order valence-electron chi connectivity index (χ1n) is 36.1. The van der Waals surface area contributed by atoms with Gasteiger partial charge >= 0.3 is 39.5 Å². The van der Waals surface area contributed by atoms with Gasteiger partial charge in [0.25, 0.3) is 0 Å². The Labute approximate surface area is 537 Å². The lowest BCUT2D eigenvalue weighted by Crippen LogP contribution is -2.30. The number of hydrogen-bond acceptors (Lipinski definition) is 15. The summed E-state index contributed by atoms with van der Waals surface area (Å²) in [4.78, 5) is 72.4. The summed E-state index contributed by atoms with van der Waals surface area (Å²) >= 11 is 0. The van der Waals surface area contributed by atoms with Crippen LogP contribution in [0.2, 0.25) is 0 Å². The molecule has 0 saturated carbocycles. The van der Waals surface area contributed by atoms with Crippen molar-refractivity contribution in [2.45, 2.75) is 374 Å². The highest BCUT2D eigenvalue weighted by Gasteiger charge is 2.30. The number of unbranched alkanes of at least 4 members (excludes halogenated alkanes) is 41. The molecule has 0 aromatic carbocycles. The quantitative estimate of drug-likeness (QED) is 0.0222. The molecule has 0 amide bonds. The molecule has 0 aromatic heterocycles. The first kappa shape index (κ1) is 86.1. The predicted molar refractivity (Wildman–Crippen MR) is 354 cm³/mol. The van der Waals surface area contributed by atoms with E-state index in [9.17, 15) is 43.2 Å². The molecule has 3 N–H and O–H groups in total. The van der Waals surface area contributed by atoms with Crippen LogP contribution in [-0.4, -0.2) is 96.7 Å². The summed E-state index contributed by atoms with van der Waals surface area (Å²) in [5, 5.41) is 10.6. The number of rotatable bonds is 69. The second-order valence-corrected chi connectivity index (χ2v) is 28.3. The standard InChI is InChI=1S/C69H134O17P2/c1-6-9-12-15-18-21-27-33-38-43-48-53-67(72)80-59-65(86-69(74)55-50-45-40-35-30-26-24-23-25-29-32-36-41-46-51-62(4)5)61-84-88(77,78)82-57-63(70)56-81-87(75,76)83-60-64(58-79-66(71)52-47-42-37-31-20-17-14-11-8-3)85-68(73)54-49-44-39-34-28-22-19-16-13-10-7-2/h62-65,70H,6-61H2,1-5H3,(H,75,76)(H,77,78)/t63-,64+,65+/m0/s1. The molecule has 0 aliphatic carbocycles. The van der Waals surface area contributed by atoms with Crippen molar-refractivity contribution in [3.63, 3.8) is 0 Å². The number of aliphatic hydroxyl groups excluding tert-OH is 1. The van der Waals surface area contributed by atoms with E-state index in [2.05, 4.69) is 34.6 Å². The lowest BCUT2D eigenvalue weighted by Gasteiger charge is -2.21. The van der Waals surface area contributed by atoms with Gasteiger partial charge in [-0.05, 0) is 31.6 Å². The Bertz CT molecular complexity index is 1700. The van der Waals surface area contributed by atoms with Crippen LogP contribution in [-0.2, 0) is 65.4 Å². The second kappa shape index (κ2) is 62.5. The minimum atomic E-state index is -4.95. The normalized spacial score (nSPS) is 14.1. The summed E-state index contributed by atoms with van der Waals surface area (Å²) in [5.74, 6) is -1.33. The lowest BCUT2D eigenvalue weighted by molar-refractivity contribution is -0.161. The van der Waals surface area contributed by atoms with Crippen molar-refractivity contribution in [3.05, 3.63) is 0 Å². The summed E-state index contributed by atoms with van der Waals surface area (Å²) in [6.45, 7) is 7.24. The zero-order valence-electron chi connectivity index (χ0n) is 56.9. The van der Waals surface area contributed by atoms with Crippen molar-refractivity contribution < 1.29 is 80.2 Å². The third kappa shape index (κ3) is 62.8. The minimum absolute atomic E-state index is 0.107. The average Bonchev–Trinajstić information content (AvgIpc) is 3.55. The Kier molecular flexibility index (Phi) is 61.1. The van der Waals surface area contributed by atoms with Crippen LogP contribution in [0.3, 0.4) is 0 Å². The molecule has 0 bridgehead atoms. The summed E-state index contributed by atoms with van der Waals surface area (Å²) in [6, 6.07) is 0. The molecule has 88 heavy (non-hydrogen) atoms. The zero-order valence-corrected chi connectivity index (χ0v) is 58.6. The molecule has 0 heterocycles. The molecule has 2 unspecified atom stereocenters. The van der Waals surface area contributed by atoms with Gasteiger partial charge in [0.15, 0.2) is 12.2 Å². The van der Waals surface area contributed by atoms with Crippen LogP contribution in [0.1, 0.15) is 356 Å².